The molecule has 0 saturated heterocycles. The smallest absolute Gasteiger partial charge is 0.202 e. The lowest BCUT2D eigenvalue weighted by atomic mass is 10.0. The van der Waals surface area contributed by atoms with Crippen LogP contribution in [0.5, 0.6) is 0 Å². The van der Waals surface area contributed by atoms with E-state index in [4.69, 9.17) is 5.73 Å². The molecule has 0 aromatic carbocycles. The number of anilines is 1. The van der Waals surface area contributed by atoms with E-state index >= 15 is 0 Å². The Morgan fingerprint density at radius 2 is 1.95 bits per heavy atom. The SMILES string of the molecule is CCc1nn(C)c2c1nc(N)n2C(CC(C)C)CN(C)C. The second-order valence-corrected chi connectivity index (χ2v) is 6.48. The lowest BCUT2D eigenvalue weighted by Gasteiger charge is -2.25. The summed E-state index contributed by atoms with van der Waals surface area (Å²) in [4.78, 5) is 6.78. The Hall–Kier alpha value is -1.56. The Labute approximate surface area is 126 Å². The predicted molar refractivity (Wildman–Crippen MR) is 87.3 cm³/mol. The van der Waals surface area contributed by atoms with Crippen LogP contribution in [0.2, 0.25) is 0 Å². The summed E-state index contributed by atoms with van der Waals surface area (Å²) in [5, 5.41) is 4.57. The Morgan fingerprint density at radius 3 is 2.48 bits per heavy atom. The number of nitrogen functional groups attached to an aromatic ring is 1. The maximum absolute atomic E-state index is 6.23. The van der Waals surface area contributed by atoms with E-state index in [1.807, 2.05) is 11.7 Å². The Bertz CT molecular complexity index is 597. The van der Waals surface area contributed by atoms with E-state index in [-0.39, 0.29) is 0 Å². The van der Waals surface area contributed by atoms with Crippen LogP contribution in [-0.4, -0.2) is 44.9 Å². The fourth-order valence-electron chi connectivity index (χ4n) is 3.04. The molecule has 0 aliphatic rings. The Kier molecular flexibility index (Phi) is 4.56. The predicted octanol–water partition coefficient (Wildman–Crippen LogP) is 2.06. The second-order valence-electron chi connectivity index (χ2n) is 6.48. The van der Waals surface area contributed by atoms with Gasteiger partial charge in [0.25, 0.3) is 0 Å². The first kappa shape index (κ1) is 15.8. The van der Waals surface area contributed by atoms with E-state index in [1.54, 1.807) is 0 Å². The van der Waals surface area contributed by atoms with Crippen molar-refractivity contribution in [2.24, 2.45) is 13.0 Å². The molecular weight excluding hydrogens is 264 g/mol. The summed E-state index contributed by atoms with van der Waals surface area (Å²) in [7, 11) is 6.16. The minimum Gasteiger partial charge on any atom is -0.369 e. The molecule has 2 N–H and O–H groups in total. The van der Waals surface area contributed by atoms with Crippen LogP contribution in [-0.2, 0) is 13.5 Å². The van der Waals surface area contributed by atoms with Crippen LogP contribution in [0, 0.1) is 5.92 Å². The van der Waals surface area contributed by atoms with Gasteiger partial charge < -0.3 is 10.6 Å². The molecule has 6 nitrogen and oxygen atoms in total. The summed E-state index contributed by atoms with van der Waals surface area (Å²) in [6, 6.07) is 0.310. The van der Waals surface area contributed by atoms with Crippen molar-refractivity contribution in [2.75, 3.05) is 26.4 Å². The monoisotopic (exact) mass is 292 g/mol. The topological polar surface area (TPSA) is 64.9 Å². The highest BCUT2D eigenvalue weighted by Gasteiger charge is 2.24. The van der Waals surface area contributed by atoms with Crippen molar-refractivity contribution in [2.45, 2.75) is 39.7 Å². The normalized spacial score (nSPS) is 13.7. The molecule has 0 spiro atoms. The number of imidazole rings is 1. The van der Waals surface area contributed by atoms with E-state index in [2.05, 4.69) is 54.4 Å². The van der Waals surface area contributed by atoms with Crippen LogP contribution in [0.25, 0.3) is 11.2 Å². The highest BCUT2D eigenvalue weighted by Crippen LogP contribution is 2.29. The molecule has 0 radical (unpaired) electrons. The van der Waals surface area contributed by atoms with E-state index in [9.17, 15) is 0 Å². The average Bonchev–Trinajstić information content (AvgIpc) is 2.84. The fourth-order valence-corrected chi connectivity index (χ4v) is 3.04. The first-order chi connectivity index (χ1) is 9.85. The van der Waals surface area contributed by atoms with Gasteiger partial charge in [-0.25, -0.2) is 4.98 Å². The van der Waals surface area contributed by atoms with Crippen LogP contribution >= 0.6 is 0 Å². The van der Waals surface area contributed by atoms with Gasteiger partial charge in [-0.2, -0.15) is 5.10 Å². The third-order valence-electron chi connectivity index (χ3n) is 3.78. The van der Waals surface area contributed by atoms with Crippen molar-refractivity contribution in [3.63, 3.8) is 0 Å². The lowest BCUT2D eigenvalue weighted by Crippen LogP contribution is -2.27. The molecule has 0 saturated carbocycles. The molecule has 1 atom stereocenters. The molecular formula is C15H28N6. The minimum absolute atomic E-state index is 0.310. The van der Waals surface area contributed by atoms with Crippen molar-refractivity contribution < 1.29 is 0 Å². The first-order valence-electron chi connectivity index (χ1n) is 7.69. The van der Waals surface area contributed by atoms with Crippen molar-refractivity contribution in [3.8, 4) is 0 Å². The molecule has 2 heterocycles. The quantitative estimate of drug-likeness (QED) is 0.885. The number of fused-ring (bicyclic) bond motifs is 1. The van der Waals surface area contributed by atoms with Crippen molar-refractivity contribution >= 4 is 17.1 Å². The molecule has 2 rings (SSSR count). The average molecular weight is 292 g/mol. The summed E-state index contributed by atoms with van der Waals surface area (Å²) in [5.41, 5.74) is 9.24. The summed E-state index contributed by atoms with van der Waals surface area (Å²) >= 11 is 0. The molecule has 0 bridgehead atoms. The van der Waals surface area contributed by atoms with Crippen LogP contribution in [0.15, 0.2) is 0 Å². The molecule has 21 heavy (non-hydrogen) atoms. The van der Waals surface area contributed by atoms with Gasteiger partial charge in [-0.3, -0.25) is 9.25 Å². The van der Waals surface area contributed by atoms with Gasteiger partial charge in [-0.15, -0.1) is 0 Å². The van der Waals surface area contributed by atoms with Gasteiger partial charge in [0.05, 0.1) is 11.7 Å². The van der Waals surface area contributed by atoms with Crippen molar-refractivity contribution in [3.05, 3.63) is 5.69 Å². The summed E-state index contributed by atoms with van der Waals surface area (Å²) in [5.74, 6) is 1.20. The second kappa shape index (κ2) is 6.05. The molecule has 1 unspecified atom stereocenters. The highest BCUT2D eigenvalue weighted by molar-refractivity contribution is 5.78. The molecule has 0 aliphatic carbocycles. The van der Waals surface area contributed by atoms with Gasteiger partial charge >= 0.3 is 0 Å². The zero-order chi connectivity index (χ0) is 15.7. The van der Waals surface area contributed by atoms with Gasteiger partial charge in [0, 0.05) is 13.6 Å². The van der Waals surface area contributed by atoms with Crippen molar-refractivity contribution in [1.29, 1.82) is 0 Å². The van der Waals surface area contributed by atoms with Crippen LogP contribution in [0.1, 0.15) is 38.9 Å². The molecule has 2 aromatic rings. The standard InChI is InChI=1S/C15H28N6/c1-7-12-13-14(20(6)18-12)21(15(16)17-13)11(8-10(2)3)9-19(4)5/h10-11H,7-9H2,1-6H3,(H2,16,17). The summed E-state index contributed by atoms with van der Waals surface area (Å²) in [6.07, 6.45) is 1.94. The van der Waals surface area contributed by atoms with E-state index < -0.39 is 0 Å². The molecule has 0 fully saturated rings. The largest absolute Gasteiger partial charge is 0.369 e. The van der Waals surface area contributed by atoms with Crippen molar-refractivity contribution in [1.82, 2.24) is 24.2 Å². The van der Waals surface area contributed by atoms with Gasteiger partial charge in [0.1, 0.15) is 5.52 Å². The third-order valence-corrected chi connectivity index (χ3v) is 3.78. The van der Waals surface area contributed by atoms with Gasteiger partial charge in [-0.1, -0.05) is 20.8 Å². The fraction of sp³-hybridized carbons (Fsp3) is 0.733. The van der Waals surface area contributed by atoms with Gasteiger partial charge in [-0.05, 0) is 32.9 Å². The number of nitrogens with two attached hydrogens (primary N) is 1. The minimum atomic E-state index is 0.310. The van der Waals surface area contributed by atoms with E-state index in [1.165, 1.54) is 0 Å². The maximum Gasteiger partial charge on any atom is 0.202 e. The summed E-state index contributed by atoms with van der Waals surface area (Å²) in [6.45, 7) is 7.53. The zero-order valence-electron chi connectivity index (χ0n) is 14.1. The first-order valence-corrected chi connectivity index (χ1v) is 7.69. The number of hydrogen-bond acceptors (Lipinski definition) is 4. The lowest BCUT2D eigenvalue weighted by molar-refractivity contribution is 0.293. The third kappa shape index (κ3) is 3.05. The Balaban J connectivity index is 2.55. The number of aromatic nitrogens is 4. The van der Waals surface area contributed by atoms with Gasteiger partial charge in [0.2, 0.25) is 5.95 Å². The number of likely N-dealkylation sites (N-methyl/N-ethyl adjacent to an activating group) is 1. The van der Waals surface area contributed by atoms with Crippen LogP contribution in [0.4, 0.5) is 5.95 Å². The van der Waals surface area contributed by atoms with E-state index in [0.29, 0.717) is 17.9 Å². The summed E-state index contributed by atoms with van der Waals surface area (Å²) < 4.78 is 4.09. The number of aryl methyl sites for hydroxylation is 2. The highest BCUT2D eigenvalue weighted by atomic mass is 15.4. The number of hydrogen-bond donors (Lipinski definition) is 1. The maximum atomic E-state index is 6.23. The molecule has 118 valence electrons. The zero-order valence-corrected chi connectivity index (χ0v) is 14.1. The Morgan fingerprint density at radius 1 is 1.29 bits per heavy atom. The molecule has 0 amide bonds. The van der Waals surface area contributed by atoms with Crippen LogP contribution < -0.4 is 5.73 Å². The molecule has 0 aliphatic heterocycles. The molecule has 6 heteroatoms. The number of rotatable bonds is 6. The van der Waals surface area contributed by atoms with Gasteiger partial charge in [0.15, 0.2) is 5.65 Å². The number of nitrogens with zero attached hydrogens (tertiary/aromatic N) is 5. The van der Waals surface area contributed by atoms with E-state index in [0.717, 1.165) is 36.2 Å². The molecule has 2 aromatic heterocycles. The van der Waals surface area contributed by atoms with Crippen LogP contribution in [0.3, 0.4) is 0 Å².